The topological polar surface area (TPSA) is 413 Å². The van der Waals surface area contributed by atoms with E-state index < -0.39 is 213 Å². The number of carbonyl (C=O) groups is 4. The van der Waals surface area contributed by atoms with Crippen LogP contribution >= 0.6 is 0 Å². The van der Waals surface area contributed by atoms with Crippen LogP contribution in [0.1, 0.15) is 102 Å². The van der Waals surface area contributed by atoms with Crippen LogP contribution in [-0.2, 0) is 52.3 Å². The number of hydrogen-bond acceptors (Lipinski definition) is 25. The van der Waals surface area contributed by atoms with E-state index in [-0.39, 0.29) is 85.6 Å². The van der Waals surface area contributed by atoms with Crippen molar-refractivity contribution < 1.29 is 129 Å². The Bertz CT molecular complexity index is 3660. The number of nitrogens with one attached hydrogen (secondary N) is 2. The molecule has 2 aromatic heterocycles. The number of amides is 3. The molecule has 5 fully saturated rings. The summed E-state index contributed by atoms with van der Waals surface area (Å²) in [5.74, 6) is -15.1. The molecule has 3 saturated heterocycles. The molecule has 36 heteroatoms. The second-order valence-corrected chi connectivity index (χ2v) is 26.7. The van der Waals surface area contributed by atoms with Gasteiger partial charge in [0.2, 0.25) is 11.8 Å². The fraction of sp³-hybridized carbons (Fsp3) is 0.618. The summed E-state index contributed by atoms with van der Waals surface area (Å²) >= 11 is 0. The van der Waals surface area contributed by atoms with Gasteiger partial charge in [0.1, 0.15) is 72.4 Å². The average Bonchev–Trinajstić information content (AvgIpc) is 1.54. The van der Waals surface area contributed by atoms with Crippen LogP contribution in [0.5, 0.6) is 0 Å². The monoisotopic (exact) mass is 1480 g/mol. The predicted octanol–water partition coefficient (Wildman–Crippen LogP) is 1.41. The second-order valence-electron chi connectivity index (χ2n) is 26.7. The van der Waals surface area contributed by atoms with Crippen molar-refractivity contribution in [1.82, 2.24) is 45.5 Å². The lowest BCUT2D eigenvalue weighted by molar-refractivity contribution is -0.337. The smallest absolute Gasteiger partial charge is 0.338 e. The Morgan fingerprint density at radius 3 is 1.75 bits per heavy atom. The molecule has 3 aliphatic heterocycles. The van der Waals surface area contributed by atoms with E-state index in [0.29, 0.717) is 43.8 Å². The number of ether oxygens (including phenoxy) is 8. The van der Waals surface area contributed by atoms with Crippen molar-refractivity contribution in [3.8, 4) is 22.5 Å². The predicted molar refractivity (Wildman–Crippen MR) is 344 cm³/mol. The minimum atomic E-state index is -1.97. The number of halogens is 6. The number of hydrogen-bond donors (Lipinski definition) is 11. The molecule has 104 heavy (non-hydrogen) atoms. The standard InChI is InChI=1S/C68H87F6N9O21/c1-5-11-46(65(95)81-16-10-17-81)98-61-58(91)50(29-85)102-68(62(61)104-66(96)34-12-8-7-9-13-34)100-48-25-37(18-33(6-2)60(48)103-51(30-86)97-32(4)55(88)31(3)87)63(93)75-14-15-76-64(94)38-23-45(82-26-43(77-79-82)35-19-39(69)52(73)40(70)20-35)56(89)47(24-38)99-67-59(92)54(57(90)49(28-84)101-67)83-27-44(78-80-83)36-21-41(71)53(74)42(72)22-36/h7-9,12-13,19-22,26-27,31-33,37-38,45-51,54-62,67-68,84-92H,5-6,10-11,14-18,23-25,28-30H2,1-4H3,(H,75,93)(H,76,94)/t31?,32?,33?,37?,38?,45?,46-,47+,48+,49?,50?,51-,54?,55-,56?,57-,58-,59?,60?,61?,62?,67+,68+/m0/s1. The molecule has 2 aliphatic carbocycles. The van der Waals surface area contributed by atoms with Gasteiger partial charge in [0.05, 0.1) is 74.3 Å². The van der Waals surface area contributed by atoms with Crippen LogP contribution in [0.2, 0.25) is 0 Å². The van der Waals surface area contributed by atoms with Gasteiger partial charge < -0.3 is 99.4 Å². The lowest BCUT2D eigenvalue weighted by atomic mass is 9.75. The molecule has 5 aromatic rings. The van der Waals surface area contributed by atoms with Gasteiger partial charge in [-0.05, 0) is 94.7 Å². The molecule has 0 spiro atoms. The summed E-state index contributed by atoms with van der Waals surface area (Å²) in [7, 11) is 0. The average molecular weight is 1480 g/mol. The highest BCUT2D eigenvalue weighted by atomic mass is 19.2. The fourth-order valence-corrected chi connectivity index (χ4v) is 13.7. The molecular formula is C68H87F6N9O21. The van der Waals surface area contributed by atoms with Gasteiger partial charge in [0.25, 0.3) is 5.91 Å². The lowest BCUT2D eigenvalue weighted by Crippen LogP contribution is -2.64. The normalized spacial score (nSPS) is 30.2. The van der Waals surface area contributed by atoms with Gasteiger partial charge in [-0.15, -0.1) is 10.2 Å². The van der Waals surface area contributed by atoms with E-state index in [9.17, 15) is 91.5 Å². The highest BCUT2D eigenvalue weighted by Crippen LogP contribution is 2.42. The van der Waals surface area contributed by atoms with Crippen molar-refractivity contribution >= 4 is 23.7 Å². The molecule has 0 bridgehead atoms. The van der Waals surface area contributed by atoms with E-state index in [0.717, 1.165) is 28.2 Å². The maximum atomic E-state index is 14.6. The first kappa shape index (κ1) is 79.3. The third-order valence-electron chi connectivity index (χ3n) is 19.6. The van der Waals surface area contributed by atoms with Crippen LogP contribution in [0.15, 0.2) is 67.0 Å². The van der Waals surface area contributed by atoms with Crippen LogP contribution in [0.25, 0.3) is 22.5 Å². The van der Waals surface area contributed by atoms with Gasteiger partial charge in [-0.1, -0.05) is 55.3 Å². The Morgan fingerprint density at radius 2 is 1.20 bits per heavy atom. The lowest BCUT2D eigenvalue weighted by Gasteiger charge is -2.48. The molecule has 572 valence electrons. The van der Waals surface area contributed by atoms with Crippen LogP contribution in [-0.4, -0.2) is 261 Å². The fourth-order valence-electron chi connectivity index (χ4n) is 13.7. The van der Waals surface area contributed by atoms with E-state index in [4.69, 9.17) is 37.9 Å². The largest absolute Gasteiger partial charge is 0.450 e. The Morgan fingerprint density at radius 1 is 0.654 bits per heavy atom. The number of likely N-dealkylation sites (tertiary alicyclic amines) is 1. The van der Waals surface area contributed by atoms with E-state index in [1.54, 1.807) is 30.0 Å². The second kappa shape index (κ2) is 35.4. The van der Waals surface area contributed by atoms with Crippen molar-refractivity contribution in [1.29, 1.82) is 0 Å². The molecule has 14 unspecified atom stereocenters. The maximum absolute atomic E-state index is 14.6. The summed E-state index contributed by atoms with van der Waals surface area (Å²) in [4.78, 5) is 58.8. The number of aliphatic hydroxyl groups excluding tert-OH is 9. The zero-order valence-electron chi connectivity index (χ0n) is 57.1. The molecule has 3 amide bonds. The summed E-state index contributed by atoms with van der Waals surface area (Å²) in [6.07, 6.45) is -24.5. The number of aromatic nitrogens is 6. The van der Waals surface area contributed by atoms with Crippen LogP contribution in [0.3, 0.4) is 0 Å². The van der Waals surface area contributed by atoms with E-state index in [1.807, 2.05) is 6.92 Å². The third-order valence-corrected chi connectivity index (χ3v) is 19.6. The minimum absolute atomic E-state index is 0.0683. The van der Waals surface area contributed by atoms with Gasteiger partial charge in [0, 0.05) is 49.1 Å². The molecule has 0 radical (unpaired) electrons. The number of aliphatic hydroxyl groups is 9. The number of esters is 1. The van der Waals surface area contributed by atoms with Crippen molar-refractivity contribution in [3.05, 3.63) is 107 Å². The van der Waals surface area contributed by atoms with Crippen LogP contribution < -0.4 is 10.6 Å². The molecule has 23 atom stereocenters. The Kier molecular flexibility index (Phi) is 27.0. The maximum Gasteiger partial charge on any atom is 0.338 e. The van der Waals surface area contributed by atoms with Crippen molar-refractivity contribution in [2.45, 2.75) is 202 Å². The molecule has 3 aromatic carbocycles. The first-order chi connectivity index (χ1) is 49.7. The number of rotatable bonds is 30. The van der Waals surface area contributed by atoms with Gasteiger partial charge in [-0.3, -0.25) is 14.4 Å². The van der Waals surface area contributed by atoms with Gasteiger partial charge >= 0.3 is 5.97 Å². The van der Waals surface area contributed by atoms with Gasteiger partial charge in [-0.25, -0.2) is 40.5 Å². The van der Waals surface area contributed by atoms with E-state index in [1.165, 1.54) is 26.0 Å². The number of benzene rings is 3. The van der Waals surface area contributed by atoms with Crippen molar-refractivity contribution in [2.75, 3.05) is 46.0 Å². The highest BCUT2D eigenvalue weighted by Gasteiger charge is 2.55. The van der Waals surface area contributed by atoms with Crippen molar-refractivity contribution in [3.63, 3.8) is 0 Å². The molecule has 11 N–H and O–H groups in total. The Labute approximate surface area is 592 Å². The SMILES string of the molecule is CCC[C@H](OC1C(OC(=O)c2ccccc2)[C@H](O[C@@H]2CC(C(=O)NCCNC(=O)C3CC(n4cc(-c5cc(F)c(F)c(F)c5)nn4)C(O)[C@H](O[C@@H]4OC(CO)[C@H](O)C(n5cc(-c6cc(F)c(F)c(F)c6)nn5)C4O)C3)CC(CC)C2O[C@@H](CO)OC(C)[C@@H](O)C(C)O)OC(CO)[C@@H]1O)C(=O)N1CCC1. The van der Waals surface area contributed by atoms with Crippen LogP contribution in [0.4, 0.5) is 26.3 Å². The summed E-state index contributed by atoms with van der Waals surface area (Å²) in [6, 6.07) is 7.43. The Hall–Kier alpha value is -7.24. The molecular weight excluding hydrogens is 1390 g/mol. The summed E-state index contributed by atoms with van der Waals surface area (Å²) in [6.45, 7) is 4.27. The summed E-state index contributed by atoms with van der Waals surface area (Å²) < 4.78 is 138. The van der Waals surface area contributed by atoms with Gasteiger partial charge in [-0.2, -0.15) is 0 Å². The molecule has 30 nitrogen and oxygen atoms in total. The number of carbonyl (C=O) groups excluding carboxylic acids is 4. The molecule has 2 saturated carbocycles. The van der Waals surface area contributed by atoms with Crippen molar-refractivity contribution in [2.24, 2.45) is 17.8 Å². The van der Waals surface area contributed by atoms with E-state index in [2.05, 4.69) is 31.3 Å². The first-order valence-electron chi connectivity index (χ1n) is 34.5. The molecule has 10 rings (SSSR count). The highest BCUT2D eigenvalue weighted by molar-refractivity contribution is 5.89. The van der Waals surface area contributed by atoms with Crippen LogP contribution in [0, 0.1) is 52.7 Å². The zero-order valence-corrected chi connectivity index (χ0v) is 57.1. The minimum Gasteiger partial charge on any atom is -0.450 e. The first-order valence-corrected chi connectivity index (χ1v) is 34.5. The molecule has 5 aliphatic rings. The van der Waals surface area contributed by atoms with E-state index >= 15 is 0 Å². The third kappa shape index (κ3) is 18.1. The van der Waals surface area contributed by atoms with Gasteiger partial charge in [0.15, 0.2) is 59.9 Å². The quantitative estimate of drug-likeness (QED) is 0.0102. The summed E-state index contributed by atoms with van der Waals surface area (Å²) in [5, 5.41) is 122. The molecule has 5 heterocycles. The Balaban J connectivity index is 0.884. The number of nitrogens with zero attached hydrogens (tertiary/aromatic N) is 7. The summed E-state index contributed by atoms with van der Waals surface area (Å²) in [5.41, 5.74) is -0.931. The zero-order chi connectivity index (χ0) is 75.0.